The molecule has 0 aliphatic heterocycles. The number of ether oxygens (including phenoxy) is 1. The maximum Gasteiger partial charge on any atom is 0.359 e. The van der Waals surface area contributed by atoms with Crippen LogP contribution in [0.5, 0.6) is 5.75 Å². The Morgan fingerprint density at radius 1 is 1.44 bits per heavy atom. The molecule has 1 aromatic heterocycles. The molecule has 2 aromatic rings. The molecule has 18 heavy (non-hydrogen) atoms. The van der Waals surface area contributed by atoms with Crippen molar-refractivity contribution in [2.45, 2.75) is 0 Å². The van der Waals surface area contributed by atoms with Crippen LogP contribution in [-0.4, -0.2) is 28.0 Å². The Balaban J connectivity index is 2.70. The van der Waals surface area contributed by atoms with Gasteiger partial charge in [-0.15, -0.1) is 0 Å². The highest BCUT2D eigenvalue weighted by Gasteiger charge is 2.23. The topological polar surface area (TPSA) is 90.4 Å². The van der Waals surface area contributed by atoms with Crippen LogP contribution < -0.4 is 5.73 Å². The third-order valence-corrected chi connectivity index (χ3v) is 2.64. The van der Waals surface area contributed by atoms with Gasteiger partial charge in [0.2, 0.25) is 0 Å². The maximum absolute atomic E-state index is 11.6. The molecule has 1 aromatic carbocycles. The molecule has 6 heteroatoms. The van der Waals surface area contributed by atoms with Gasteiger partial charge in [0.1, 0.15) is 11.6 Å². The van der Waals surface area contributed by atoms with Crippen molar-refractivity contribution >= 4 is 11.8 Å². The number of nitrogen functional groups attached to an aromatic ring is 1. The normalized spacial score (nSPS) is 10.3. The zero-order chi connectivity index (χ0) is 13.3. The number of carbonyl (C=O) groups excluding carboxylic acids is 1. The van der Waals surface area contributed by atoms with E-state index in [1.807, 2.05) is 0 Å². The Morgan fingerprint density at radius 3 is 2.72 bits per heavy atom. The summed E-state index contributed by atoms with van der Waals surface area (Å²) in [7, 11) is 2.88. The first-order valence-electron chi connectivity index (χ1n) is 5.25. The number of aromatic hydroxyl groups is 1. The molecule has 0 aliphatic carbocycles. The lowest BCUT2D eigenvalue weighted by Gasteiger charge is -2.05. The number of rotatable bonds is 2. The Kier molecular flexibility index (Phi) is 2.93. The van der Waals surface area contributed by atoms with Gasteiger partial charge < -0.3 is 15.6 Å². The minimum Gasteiger partial charge on any atom is -0.507 e. The number of methoxy groups -OCH3 is 1. The molecule has 3 N–H and O–H groups in total. The summed E-state index contributed by atoms with van der Waals surface area (Å²) in [5.41, 5.74) is 6.79. The summed E-state index contributed by atoms with van der Waals surface area (Å²) in [5.74, 6) is -0.278. The number of para-hydroxylation sites is 1. The largest absolute Gasteiger partial charge is 0.507 e. The van der Waals surface area contributed by atoms with Crippen LogP contribution in [0.3, 0.4) is 0 Å². The number of anilines is 1. The predicted molar refractivity (Wildman–Crippen MR) is 66.1 cm³/mol. The number of hydrogen-bond donors (Lipinski definition) is 2. The molecule has 6 nitrogen and oxygen atoms in total. The summed E-state index contributed by atoms with van der Waals surface area (Å²) in [4.78, 5) is 11.6. The van der Waals surface area contributed by atoms with E-state index in [0.717, 1.165) is 0 Å². The van der Waals surface area contributed by atoms with E-state index in [1.165, 1.54) is 17.9 Å². The van der Waals surface area contributed by atoms with Crippen molar-refractivity contribution in [3.8, 4) is 16.9 Å². The lowest BCUT2D eigenvalue weighted by atomic mass is 10.0. The number of carbonyl (C=O) groups is 1. The number of nitrogens with two attached hydrogens (primary N) is 1. The van der Waals surface area contributed by atoms with Gasteiger partial charge in [0.15, 0.2) is 5.69 Å². The Labute approximate surface area is 104 Å². The van der Waals surface area contributed by atoms with E-state index in [4.69, 9.17) is 5.73 Å². The third-order valence-electron chi connectivity index (χ3n) is 2.64. The van der Waals surface area contributed by atoms with Gasteiger partial charge in [-0.05, 0) is 6.07 Å². The van der Waals surface area contributed by atoms with E-state index >= 15 is 0 Å². The molecule has 0 saturated heterocycles. The number of aryl methyl sites for hydroxylation is 1. The number of benzene rings is 1. The van der Waals surface area contributed by atoms with Crippen LogP contribution in [-0.2, 0) is 11.8 Å². The van der Waals surface area contributed by atoms with Gasteiger partial charge in [-0.3, -0.25) is 4.68 Å². The molecular formula is C12H13N3O3. The molecule has 0 bridgehead atoms. The van der Waals surface area contributed by atoms with Crippen LogP contribution in [0.15, 0.2) is 24.3 Å². The molecule has 0 aliphatic rings. The van der Waals surface area contributed by atoms with E-state index < -0.39 is 5.97 Å². The van der Waals surface area contributed by atoms with Crippen molar-refractivity contribution in [1.29, 1.82) is 0 Å². The van der Waals surface area contributed by atoms with Crippen molar-refractivity contribution in [2.75, 3.05) is 12.8 Å². The second kappa shape index (κ2) is 4.40. The first kappa shape index (κ1) is 12.0. The molecule has 0 saturated carbocycles. The van der Waals surface area contributed by atoms with Gasteiger partial charge in [-0.1, -0.05) is 18.2 Å². The summed E-state index contributed by atoms with van der Waals surface area (Å²) in [6.45, 7) is 0. The highest BCUT2D eigenvalue weighted by atomic mass is 16.5. The molecule has 0 atom stereocenters. The fraction of sp³-hybridized carbons (Fsp3) is 0.167. The van der Waals surface area contributed by atoms with Crippen LogP contribution in [0, 0.1) is 0 Å². The second-order valence-corrected chi connectivity index (χ2v) is 3.74. The fourth-order valence-electron chi connectivity index (χ4n) is 1.73. The van der Waals surface area contributed by atoms with Crippen molar-refractivity contribution < 1.29 is 14.6 Å². The van der Waals surface area contributed by atoms with E-state index in [1.54, 1.807) is 25.2 Å². The molecule has 1 heterocycles. The van der Waals surface area contributed by atoms with Crippen LogP contribution >= 0.6 is 0 Å². The van der Waals surface area contributed by atoms with Gasteiger partial charge >= 0.3 is 5.97 Å². The smallest absolute Gasteiger partial charge is 0.359 e. The first-order valence-corrected chi connectivity index (χ1v) is 5.25. The summed E-state index contributed by atoms with van der Waals surface area (Å²) in [6, 6.07) is 6.60. The number of aromatic nitrogens is 2. The SMILES string of the molecule is COC(=O)c1nn(C)c(N)c1-c1ccccc1O. The molecule has 0 amide bonds. The third kappa shape index (κ3) is 1.77. The van der Waals surface area contributed by atoms with Gasteiger partial charge in [0.25, 0.3) is 0 Å². The van der Waals surface area contributed by atoms with E-state index in [0.29, 0.717) is 11.1 Å². The predicted octanol–water partition coefficient (Wildman–Crippen LogP) is 1.16. The first-order chi connectivity index (χ1) is 8.56. The molecule has 0 spiro atoms. The lowest BCUT2D eigenvalue weighted by Crippen LogP contribution is -2.04. The standard InChI is InChI=1S/C12H13N3O3/c1-15-11(13)9(10(14-15)12(17)18-2)7-5-3-4-6-8(7)16/h3-6,16H,13H2,1-2H3. The number of phenols is 1. The minimum atomic E-state index is -0.597. The second-order valence-electron chi connectivity index (χ2n) is 3.74. The monoisotopic (exact) mass is 247 g/mol. The lowest BCUT2D eigenvalue weighted by molar-refractivity contribution is 0.0594. The van der Waals surface area contributed by atoms with Crippen LogP contribution in [0.25, 0.3) is 11.1 Å². The van der Waals surface area contributed by atoms with E-state index in [-0.39, 0.29) is 17.3 Å². The van der Waals surface area contributed by atoms with Crippen LogP contribution in [0.1, 0.15) is 10.5 Å². The fourth-order valence-corrected chi connectivity index (χ4v) is 1.73. The Hall–Kier alpha value is -2.50. The van der Waals surface area contributed by atoms with E-state index in [9.17, 15) is 9.90 Å². The highest BCUT2D eigenvalue weighted by Crippen LogP contribution is 2.35. The van der Waals surface area contributed by atoms with Gasteiger partial charge in [0, 0.05) is 12.6 Å². The van der Waals surface area contributed by atoms with Gasteiger partial charge in [-0.2, -0.15) is 5.10 Å². The summed E-state index contributed by atoms with van der Waals surface area (Å²) < 4.78 is 6.02. The summed E-state index contributed by atoms with van der Waals surface area (Å²) in [6.07, 6.45) is 0. The average molecular weight is 247 g/mol. The number of phenolic OH excluding ortho intramolecular Hbond substituents is 1. The minimum absolute atomic E-state index is 0.0300. The Morgan fingerprint density at radius 2 is 2.11 bits per heavy atom. The molecule has 94 valence electrons. The Bertz CT molecular complexity index is 605. The quantitative estimate of drug-likeness (QED) is 0.777. The van der Waals surface area contributed by atoms with Crippen LogP contribution in [0.2, 0.25) is 0 Å². The van der Waals surface area contributed by atoms with Crippen molar-refractivity contribution in [3.05, 3.63) is 30.0 Å². The van der Waals surface area contributed by atoms with Crippen molar-refractivity contribution in [2.24, 2.45) is 7.05 Å². The molecule has 0 radical (unpaired) electrons. The number of hydrogen-bond acceptors (Lipinski definition) is 5. The van der Waals surface area contributed by atoms with Crippen molar-refractivity contribution in [1.82, 2.24) is 9.78 Å². The van der Waals surface area contributed by atoms with Crippen molar-refractivity contribution in [3.63, 3.8) is 0 Å². The van der Waals surface area contributed by atoms with Gasteiger partial charge in [0.05, 0.1) is 12.7 Å². The van der Waals surface area contributed by atoms with Crippen LogP contribution in [0.4, 0.5) is 5.82 Å². The zero-order valence-electron chi connectivity index (χ0n) is 10.0. The summed E-state index contributed by atoms with van der Waals surface area (Å²) in [5, 5.41) is 13.8. The molecule has 2 rings (SSSR count). The van der Waals surface area contributed by atoms with E-state index in [2.05, 4.69) is 9.84 Å². The van der Waals surface area contributed by atoms with Gasteiger partial charge in [-0.25, -0.2) is 4.79 Å². The average Bonchev–Trinajstić information content (AvgIpc) is 2.66. The molecule has 0 fully saturated rings. The number of esters is 1. The highest BCUT2D eigenvalue weighted by molar-refractivity contribution is 5.99. The number of nitrogens with zero attached hydrogens (tertiary/aromatic N) is 2. The molecular weight excluding hydrogens is 234 g/mol. The zero-order valence-corrected chi connectivity index (χ0v) is 10.0. The maximum atomic E-state index is 11.6. The summed E-state index contributed by atoms with van der Waals surface area (Å²) >= 11 is 0. The molecule has 0 unspecified atom stereocenters.